The van der Waals surface area contributed by atoms with Crippen LogP contribution in [0, 0.1) is 13.8 Å². The molecular weight excluding hydrogens is 338 g/mol. The van der Waals surface area contributed by atoms with Crippen molar-refractivity contribution >= 4 is 17.6 Å². The predicted molar refractivity (Wildman–Crippen MR) is 108 cm³/mol. The van der Waals surface area contributed by atoms with Crippen molar-refractivity contribution in [3.8, 4) is 0 Å². The van der Waals surface area contributed by atoms with Crippen LogP contribution in [0.1, 0.15) is 29.5 Å². The van der Waals surface area contributed by atoms with Crippen LogP contribution in [-0.4, -0.2) is 31.1 Å². The van der Waals surface area contributed by atoms with E-state index in [1.807, 2.05) is 43.3 Å². The maximum atomic E-state index is 12.3. The van der Waals surface area contributed by atoms with E-state index in [-0.39, 0.29) is 18.0 Å². The molecule has 0 aromatic heterocycles. The molecule has 1 aliphatic heterocycles. The van der Waals surface area contributed by atoms with E-state index in [2.05, 4.69) is 29.7 Å². The van der Waals surface area contributed by atoms with Gasteiger partial charge in [-0.15, -0.1) is 0 Å². The molecule has 3 rings (SSSR count). The minimum Gasteiger partial charge on any atom is -0.338 e. The molecule has 5 heteroatoms. The molecule has 2 aromatic rings. The van der Waals surface area contributed by atoms with E-state index in [1.54, 1.807) is 4.90 Å². The first-order valence-electron chi connectivity index (χ1n) is 9.49. The number of nitrogens with one attached hydrogen (secondary N) is 2. The molecular formula is C22H27N3O2. The topological polar surface area (TPSA) is 61.4 Å². The first-order valence-corrected chi connectivity index (χ1v) is 9.49. The summed E-state index contributed by atoms with van der Waals surface area (Å²) in [4.78, 5) is 26.2. The van der Waals surface area contributed by atoms with Gasteiger partial charge in [-0.25, -0.2) is 4.79 Å². The van der Waals surface area contributed by atoms with E-state index in [9.17, 15) is 9.59 Å². The summed E-state index contributed by atoms with van der Waals surface area (Å²) >= 11 is 0. The molecule has 0 spiro atoms. The first-order chi connectivity index (χ1) is 13.0. The van der Waals surface area contributed by atoms with E-state index >= 15 is 0 Å². The molecule has 5 nitrogen and oxygen atoms in total. The van der Waals surface area contributed by atoms with Gasteiger partial charge in [0.2, 0.25) is 5.91 Å². The first kappa shape index (κ1) is 19.0. The summed E-state index contributed by atoms with van der Waals surface area (Å²) in [5, 5.41) is 5.81. The van der Waals surface area contributed by atoms with E-state index < -0.39 is 0 Å². The molecule has 0 bridgehead atoms. The Morgan fingerprint density at radius 2 is 1.89 bits per heavy atom. The van der Waals surface area contributed by atoms with Crippen LogP contribution in [0.25, 0.3) is 0 Å². The number of hydrogen-bond donors (Lipinski definition) is 2. The van der Waals surface area contributed by atoms with Gasteiger partial charge in [0.15, 0.2) is 0 Å². The Morgan fingerprint density at radius 3 is 2.63 bits per heavy atom. The molecule has 1 aliphatic rings. The number of amides is 3. The van der Waals surface area contributed by atoms with Crippen molar-refractivity contribution in [3.05, 3.63) is 65.2 Å². The lowest BCUT2D eigenvalue weighted by atomic mass is 10.1. The highest BCUT2D eigenvalue weighted by Crippen LogP contribution is 2.24. The van der Waals surface area contributed by atoms with Crippen LogP contribution in [0.5, 0.6) is 0 Å². The molecule has 1 atom stereocenters. The van der Waals surface area contributed by atoms with Crippen LogP contribution in [0.3, 0.4) is 0 Å². The van der Waals surface area contributed by atoms with Crippen LogP contribution in [0.2, 0.25) is 0 Å². The lowest BCUT2D eigenvalue weighted by Gasteiger charge is -2.18. The SMILES string of the molecule is Cc1ccc(N2C[C@@H](NC(=O)NCCCc3ccccc3)CC2=O)cc1C. The summed E-state index contributed by atoms with van der Waals surface area (Å²) in [5.74, 6) is 0.0487. The van der Waals surface area contributed by atoms with Crippen molar-refractivity contribution in [2.75, 3.05) is 18.0 Å². The fraction of sp³-hybridized carbons (Fsp3) is 0.364. The maximum absolute atomic E-state index is 12.3. The second-order valence-corrected chi connectivity index (χ2v) is 7.16. The Bertz CT molecular complexity index is 804. The van der Waals surface area contributed by atoms with Crippen molar-refractivity contribution in [3.63, 3.8) is 0 Å². The summed E-state index contributed by atoms with van der Waals surface area (Å²) < 4.78 is 0. The van der Waals surface area contributed by atoms with Gasteiger partial charge in [0.25, 0.3) is 0 Å². The highest BCUT2D eigenvalue weighted by Gasteiger charge is 2.31. The van der Waals surface area contributed by atoms with E-state index in [1.165, 1.54) is 11.1 Å². The number of aryl methyl sites for hydroxylation is 3. The summed E-state index contributed by atoms with van der Waals surface area (Å²) in [6, 6.07) is 15.9. The highest BCUT2D eigenvalue weighted by atomic mass is 16.2. The molecule has 3 amide bonds. The summed E-state index contributed by atoms with van der Waals surface area (Å²) in [7, 11) is 0. The van der Waals surface area contributed by atoms with Crippen LogP contribution in [0.4, 0.5) is 10.5 Å². The van der Waals surface area contributed by atoms with Crippen molar-refractivity contribution < 1.29 is 9.59 Å². The highest BCUT2D eigenvalue weighted by molar-refractivity contribution is 5.96. The Hall–Kier alpha value is -2.82. The molecule has 0 radical (unpaired) electrons. The van der Waals surface area contributed by atoms with Gasteiger partial charge >= 0.3 is 6.03 Å². The van der Waals surface area contributed by atoms with Crippen molar-refractivity contribution in [1.29, 1.82) is 0 Å². The van der Waals surface area contributed by atoms with E-state index in [4.69, 9.17) is 0 Å². The fourth-order valence-electron chi connectivity index (χ4n) is 3.32. The summed E-state index contributed by atoms with van der Waals surface area (Å²) in [5.41, 5.74) is 4.53. The van der Waals surface area contributed by atoms with Crippen LogP contribution < -0.4 is 15.5 Å². The second-order valence-electron chi connectivity index (χ2n) is 7.16. The number of carbonyl (C=O) groups excluding carboxylic acids is 2. The molecule has 1 fully saturated rings. The largest absolute Gasteiger partial charge is 0.338 e. The molecule has 1 saturated heterocycles. The van der Waals surface area contributed by atoms with Crippen LogP contribution >= 0.6 is 0 Å². The third kappa shape index (κ3) is 5.09. The number of benzene rings is 2. The zero-order valence-electron chi connectivity index (χ0n) is 16.0. The standard InChI is InChI=1S/C22H27N3O2/c1-16-10-11-20(13-17(16)2)25-15-19(14-21(25)26)24-22(27)23-12-6-9-18-7-4-3-5-8-18/h3-5,7-8,10-11,13,19H,6,9,12,14-15H2,1-2H3,(H2,23,24,27)/t19-/m0/s1. The lowest BCUT2D eigenvalue weighted by Crippen LogP contribution is -2.43. The third-order valence-electron chi connectivity index (χ3n) is 5.03. The van der Waals surface area contributed by atoms with Gasteiger partial charge in [-0.05, 0) is 55.5 Å². The number of nitrogens with zero attached hydrogens (tertiary/aromatic N) is 1. The van der Waals surface area contributed by atoms with Gasteiger partial charge in [-0.3, -0.25) is 4.79 Å². The van der Waals surface area contributed by atoms with Gasteiger partial charge in [0.05, 0.1) is 6.04 Å². The molecule has 1 heterocycles. The third-order valence-corrected chi connectivity index (χ3v) is 5.03. The zero-order valence-corrected chi connectivity index (χ0v) is 16.0. The van der Waals surface area contributed by atoms with Gasteiger partial charge in [0.1, 0.15) is 0 Å². The average molecular weight is 365 g/mol. The Labute approximate surface area is 160 Å². The Morgan fingerprint density at radius 1 is 1.11 bits per heavy atom. The number of anilines is 1. The molecule has 0 saturated carbocycles. The summed E-state index contributed by atoms with van der Waals surface area (Å²) in [6.45, 7) is 5.22. The monoisotopic (exact) mass is 365 g/mol. The average Bonchev–Trinajstić information content (AvgIpc) is 3.02. The number of carbonyl (C=O) groups is 2. The molecule has 0 unspecified atom stereocenters. The van der Waals surface area contributed by atoms with Gasteiger partial charge < -0.3 is 15.5 Å². The summed E-state index contributed by atoms with van der Waals surface area (Å²) in [6.07, 6.45) is 2.16. The zero-order chi connectivity index (χ0) is 19.2. The smallest absolute Gasteiger partial charge is 0.315 e. The molecule has 0 aliphatic carbocycles. The normalized spacial score (nSPS) is 16.4. The maximum Gasteiger partial charge on any atom is 0.315 e. The van der Waals surface area contributed by atoms with Crippen LogP contribution in [0.15, 0.2) is 48.5 Å². The number of hydrogen-bond acceptors (Lipinski definition) is 2. The van der Waals surface area contributed by atoms with E-state index in [0.717, 1.165) is 24.1 Å². The Kier molecular flexibility index (Phi) is 6.12. The van der Waals surface area contributed by atoms with Gasteiger partial charge in [-0.2, -0.15) is 0 Å². The van der Waals surface area contributed by atoms with Crippen molar-refractivity contribution in [1.82, 2.24) is 10.6 Å². The number of urea groups is 1. The van der Waals surface area contributed by atoms with Crippen molar-refractivity contribution in [2.45, 2.75) is 39.2 Å². The molecule has 2 N–H and O–H groups in total. The molecule has 142 valence electrons. The lowest BCUT2D eigenvalue weighted by molar-refractivity contribution is -0.117. The fourth-order valence-corrected chi connectivity index (χ4v) is 3.32. The number of rotatable bonds is 6. The second kappa shape index (κ2) is 8.71. The van der Waals surface area contributed by atoms with Crippen LogP contribution in [-0.2, 0) is 11.2 Å². The van der Waals surface area contributed by atoms with Crippen molar-refractivity contribution in [2.24, 2.45) is 0 Å². The predicted octanol–water partition coefficient (Wildman–Crippen LogP) is 3.34. The van der Waals surface area contributed by atoms with Gasteiger partial charge in [-0.1, -0.05) is 36.4 Å². The molecule has 27 heavy (non-hydrogen) atoms. The van der Waals surface area contributed by atoms with E-state index in [0.29, 0.717) is 19.5 Å². The Balaban J connectivity index is 1.43. The minimum absolute atomic E-state index is 0.0487. The van der Waals surface area contributed by atoms with Gasteiger partial charge in [0, 0.05) is 25.2 Å². The molecule has 2 aromatic carbocycles. The quantitative estimate of drug-likeness (QED) is 0.771. The minimum atomic E-state index is -0.206.